The second-order valence-corrected chi connectivity index (χ2v) is 6.33. The summed E-state index contributed by atoms with van der Waals surface area (Å²) in [5.41, 5.74) is 13.9. The van der Waals surface area contributed by atoms with Gasteiger partial charge < -0.3 is 20.9 Å². The lowest BCUT2D eigenvalue weighted by Crippen LogP contribution is -1.95. The van der Waals surface area contributed by atoms with E-state index in [0.717, 1.165) is 17.2 Å². The molecule has 0 unspecified atom stereocenters. The van der Waals surface area contributed by atoms with Gasteiger partial charge in [0.2, 0.25) is 11.8 Å². The zero-order chi connectivity index (χ0) is 21.5. The minimum absolute atomic E-state index is 0.355. The van der Waals surface area contributed by atoms with Gasteiger partial charge in [-0.1, -0.05) is 12.7 Å². The topological polar surface area (TPSA) is 96.3 Å². The highest BCUT2D eigenvalue weighted by atomic mass is 19.1. The van der Waals surface area contributed by atoms with Gasteiger partial charge in [-0.25, -0.2) is 14.4 Å². The molecule has 2 heterocycles. The van der Waals surface area contributed by atoms with Crippen molar-refractivity contribution in [3.05, 3.63) is 91.1 Å². The fourth-order valence-corrected chi connectivity index (χ4v) is 2.48. The highest BCUT2D eigenvalue weighted by Crippen LogP contribution is 2.34. The van der Waals surface area contributed by atoms with Gasteiger partial charge >= 0.3 is 0 Å². The Hall–Kier alpha value is -4.13. The third-order valence-corrected chi connectivity index (χ3v) is 4.02. The summed E-state index contributed by atoms with van der Waals surface area (Å²) in [5.74, 6) is 1.28. The number of halogens is 1. The van der Waals surface area contributed by atoms with Crippen molar-refractivity contribution in [3.63, 3.8) is 0 Å². The molecule has 0 atom stereocenters. The largest absolute Gasteiger partial charge is 0.439 e. The van der Waals surface area contributed by atoms with Gasteiger partial charge in [0.05, 0.1) is 23.8 Å². The number of ether oxygens (including phenoxy) is 2. The zero-order valence-electron chi connectivity index (χ0n) is 16.4. The molecule has 0 aliphatic rings. The van der Waals surface area contributed by atoms with Gasteiger partial charge in [-0.2, -0.15) is 0 Å². The molecule has 0 bridgehead atoms. The fraction of sp³-hybridized carbons (Fsp3) is 0.0435. The molecule has 3 rings (SSSR count). The van der Waals surface area contributed by atoms with Crippen LogP contribution in [0.3, 0.4) is 0 Å². The van der Waals surface area contributed by atoms with Crippen LogP contribution in [0.4, 0.5) is 15.8 Å². The van der Waals surface area contributed by atoms with Gasteiger partial charge in [-0.15, -0.1) is 0 Å². The lowest BCUT2D eigenvalue weighted by Gasteiger charge is -2.13. The van der Waals surface area contributed by atoms with Crippen molar-refractivity contribution >= 4 is 16.9 Å². The molecule has 4 N–H and O–H groups in total. The van der Waals surface area contributed by atoms with Gasteiger partial charge in [0.1, 0.15) is 17.3 Å². The molecule has 7 heteroatoms. The lowest BCUT2D eigenvalue weighted by atomic mass is 10.1. The Morgan fingerprint density at radius 3 is 2.13 bits per heavy atom. The molecule has 30 heavy (non-hydrogen) atoms. The molecule has 1 aromatic carbocycles. The van der Waals surface area contributed by atoms with Gasteiger partial charge in [-0.05, 0) is 48.9 Å². The fourth-order valence-electron chi connectivity index (χ4n) is 2.48. The van der Waals surface area contributed by atoms with Crippen LogP contribution < -0.4 is 20.9 Å². The van der Waals surface area contributed by atoms with E-state index in [1.807, 2.05) is 13.0 Å². The average Bonchev–Trinajstić information content (AvgIpc) is 2.75. The van der Waals surface area contributed by atoms with E-state index in [1.54, 1.807) is 42.5 Å². The van der Waals surface area contributed by atoms with Crippen LogP contribution >= 0.6 is 0 Å². The maximum absolute atomic E-state index is 13.4. The first-order valence-corrected chi connectivity index (χ1v) is 9.04. The molecule has 0 saturated heterocycles. The molecule has 0 saturated carbocycles. The van der Waals surface area contributed by atoms with Crippen LogP contribution in [0.5, 0.6) is 23.3 Å². The van der Waals surface area contributed by atoms with Crippen molar-refractivity contribution in [1.29, 1.82) is 0 Å². The molecular weight excluding hydrogens is 383 g/mol. The van der Waals surface area contributed by atoms with Gasteiger partial charge in [0.25, 0.3) is 0 Å². The highest BCUT2D eigenvalue weighted by Gasteiger charge is 2.11. The summed E-state index contributed by atoms with van der Waals surface area (Å²) in [6.45, 7) is 5.24. The van der Waals surface area contributed by atoms with E-state index in [0.29, 0.717) is 34.6 Å². The van der Waals surface area contributed by atoms with Gasteiger partial charge in [0, 0.05) is 23.8 Å². The van der Waals surface area contributed by atoms with E-state index in [4.69, 9.17) is 20.9 Å². The number of aromatic nitrogens is 2. The Morgan fingerprint density at radius 1 is 0.933 bits per heavy atom. The summed E-state index contributed by atoms with van der Waals surface area (Å²) >= 11 is 0. The first-order valence-electron chi connectivity index (χ1n) is 9.04. The molecule has 152 valence electrons. The first-order chi connectivity index (χ1) is 14.4. The number of anilines is 2. The summed E-state index contributed by atoms with van der Waals surface area (Å²) in [5, 5.41) is 0. The predicted molar refractivity (Wildman–Crippen MR) is 117 cm³/mol. The van der Waals surface area contributed by atoms with Crippen LogP contribution in [0.15, 0.2) is 85.5 Å². The van der Waals surface area contributed by atoms with E-state index >= 15 is 0 Å². The number of pyridine rings is 2. The molecule has 6 nitrogen and oxygen atoms in total. The second kappa shape index (κ2) is 9.38. The maximum Gasteiger partial charge on any atom is 0.219 e. The Balaban J connectivity index is 1.96. The summed E-state index contributed by atoms with van der Waals surface area (Å²) in [6.07, 6.45) is 7.11. The predicted octanol–water partition coefficient (Wildman–Crippen LogP) is 5.67. The molecule has 0 aliphatic carbocycles. The number of allylic oxidation sites excluding steroid dienone is 5. The number of nitrogens with two attached hydrogens (primary N) is 2. The van der Waals surface area contributed by atoms with Crippen molar-refractivity contribution in [1.82, 2.24) is 9.97 Å². The molecule has 0 radical (unpaired) electrons. The lowest BCUT2D eigenvalue weighted by molar-refractivity contribution is 0.441. The number of nitrogen functional groups attached to an aromatic ring is 2. The molecular formula is C23H21FN4O2. The Labute approximate surface area is 174 Å². The maximum atomic E-state index is 13.4. The first kappa shape index (κ1) is 20.6. The summed E-state index contributed by atoms with van der Waals surface area (Å²) in [6, 6.07) is 12.0. The zero-order valence-corrected chi connectivity index (χ0v) is 16.4. The Morgan fingerprint density at radius 2 is 1.57 bits per heavy atom. The Kier molecular flexibility index (Phi) is 6.44. The molecule has 0 amide bonds. The van der Waals surface area contributed by atoms with E-state index in [-0.39, 0.29) is 0 Å². The number of rotatable bonds is 7. The SMILES string of the molecule is C=C/C(F)=C\C=C(/C)c1ccc(Oc2ccc(N)cn2)cc1Oc1ccc(N)cn1. The standard InChI is InChI=1S/C23H21FN4O2/c1-3-16(24)5-4-15(2)20-9-8-19(29-22-10-6-17(25)13-27-22)12-21(20)30-23-11-7-18(26)14-28-23/h3-14H,1,25-26H2,2H3/b15-4+,16-5+. The summed E-state index contributed by atoms with van der Waals surface area (Å²) in [7, 11) is 0. The number of hydrogen-bond donors (Lipinski definition) is 2. The molecule has 2 aromatic heterocycles. The average molecular weight is 404 g/mol. The minimum Gasteiger partial charge on any atom is -0.439 e. The van der Waals surface area contributed by atoms with Crippen LogP contribution in [0.1, 0.15) is 12.5 Å². The van der Waals surface area contributed by atoms with Crippen LogP contribution in [0.2, 0.25) is 0 Å². The molecule has 0 aliphatic heterocycles. The van der Waals surface area contributed by atoms with Crippen LogP contribution in [0, 0.1) is 0 Å². The van der Waals surface area contributed by atoms with E-state index in [1.165, 1.54) is 18.5 Å². The third-order valence-electron chi connectivity index (χ3n) is 4.02. The monoisotopic (exact) mass is 404 g/mol. The van der Waals surface area contributed by atoms with Crippen LogP contribution in [-0.4, -0.2) is 9.97 Å². The highest BCUT2D eigenvalue weighted by molar-refractivity contribution is 5.71. The quantitative estimate of drug-likeness (QED) is 0.493. The van der Waals surface area contributed by atoms with E-state index < -0.39 is 5.83 Å². The smallest absolute Gasteiger partial charge is 0.219 e. The van der Waals surface area contributed by atoms with E-state index in [2.05, 4.69) is 16.5 Å². The molecule has 0 fully saturated rings. The molecule has 0 spiro atoms. The van der Waals surface area contributed by atoms with Crippen molar-refractivity contribution in [2.24, 2.45) is 0 Å². The normalized spacial score (nSPS) is 11.8. The van der Waals surface area contributed by atoms with Crippen LogP contribution in [-0.2, 0) is 0 Å². The van der Waals surface area contributed by atoms with Crippen molar-refractivity contribution in [3.8, 4) is 23.3 Å². The minimum atomic E-state index is -0.439. The Bertz CT molecular complexity index is 1090. The number of hydrogen-bond acceptors (Lipinski definition) is 6. The molecule has 3 aromatic rings. The second-order valence-electron chi connectivity index (χ2n) is 6.33. The van der Waals surface area contributed by atoms with Crippen LogP contribution in [0.25, 0.3) is 5.57 Å². The third kappa shape index (κ3) is 5.45. The number of benzene rings is 1. The van der Waals surface area contributed by atoms with Gasteiger partial charge in [-0.3, -0.25) is 0 Å². The van der Waals surface area contributed by atoms with Crippen molar-refractivity contribution < 1.29 is 13.9 Å². The number of nitrogens with zero attached hydrogens (tertiary/aromatic N) is 2. The van der Waals surface area contributed by atoms with Crippen molar-refractivity contribution in [2.45, 2.75) is 6.92 Å². The van der Waals surface area contributed by atoms with E-state index in [9.17, 15) is 4.39 Å². The summed E-state index contributed by atoms with van der Waals surface area (Å²) in [4.78, 5) is 8.29. The summed E-state index contributed by atoms with van der Waals surface area (Å²) < 4.78 is 25.2. The van der Waals surface area contributed by atoms with Gasteiger partial charge in [0.15, 0.2) is 0 Å². The van der Waals surface area contributed by atoms with Crippen molar-refractivity contribution in [2.75, 3.05) is 11.5 Å².